The Morgan fingerprint density at radius 3 is 2.60 bits per heavy atom. The van der Waals surface area contributed by atoms with Gasteiger partial charge in [-0.3, -0.25) is 4.18 Å². The van der Waals surface area contributed by atoms with Crippen LogP contribution in [0.25, 0.3) is 0 Å². The lowest BCUT2D eigenvalue weighted by Crippen LogP contribution is -2.17. The summed E-state index contributed by atoms with van der Waals surface area (Å²) in [7, 11) is -3.39. The first-order valence-electron chi connectivity index (χ1n) is 2.80. The third-order valence-corrected chi connectivity index (χ3v) is 1.96. The Morgan fingerprint density at radius 1 is 1.60 bits per heavy atom. The van der Waals surface area contributed by atoms with E-state index in [9.17, 15) is 8.42 Å². The lowest BCUT2D eigenvalue weighted by Gasteiger charge is -1.99. The van der Waals surface area contributed by atoms with Crippen LogP contribution in [0.15, 0.2) is 12.7 Å². The van der Waals surface area contributed by atoms with Crippen LogP contribution >= 0.6 is 0 Å². The molecule has 0 amide bonds. The lowest BCUT2D eigenvalue weighted by molar-refractivity contribution is 0.358. The number of rotatable bonds is 5. The second-order valence-electron chi connectivity index (χ2n) is 1.62. The van der Waals surface area contributed by atoms with E-state index < -0.39 is 10.1 Å². The second-order valence-corrected chi connectivity index (χ2v) is 3.38. The normalized spacial score (nSPS) is 11.3. The fourth-order valence-electron chi connectivity index (χ4n) is 0.355. The minimum Gasteiger partial charge on any atom is -0.329 e. The Bertz CT molecular complexity index is 185. The molecule has 0 aliphatic carbocycles. The van der Waals surface area contributed by atoms with Gasteiger partial charge in [-0.1, -0.05) is 6.08 Å². The van der Waals surface area contributed by atoms with Gasteiger partial charge in [-0.2, -0.15) is 8.42 Å². The van der Waals surface area contributed by atoms with Crippen LogP contribution in [0.2, 0.25) is 0 Å². The Labute approximate surface area is 60.8 Å². The van der Waals surface area contributed by atoms with Gasteiger partial charge < -0.3 is 5.73 Å². The van der Waals surface area contributed by atoms with Gasteiger partial charge in [0.05, 0.1) is 12.4 Å². The first kappa shape index (κ1) is 9.61. The smallest absolute Gasteiger partial charge is 0.268 e. The van der Waals surface area contributed by atoms with E-state index in [2.05, 4.69) is 10.8 Å². The molecular weight excluding hydrogens is 154 g/mol. The van der Waals surface area contributed by atoms with E-state index in [1.165, 1.54) is 6.08 Å². The van der Waals surface area contributed by atoms with E-state index in [1.54, 1.807) is 0 Å². The van der Waals surface area contributed by atoms with Gasteiger partial charge in [-0.25, -0.2) is 0 Å². The third-order valence-electron chi connectivity index (χ3n) is 0.733. The molecule has 0 atom stereocenters. The van der Waals surface area contributed by atoms with Gasteiger partial charge in [-0.15, -0.1) is 6.58 Å². The number of hydrogen-bond acceptors (Lipinski definition) is 4. The van der Waals surface area contributed by atoms with Crippen LogP contribution in [0.1, 0.15) is 0 Å². The maximum atomic E-state index is 10.6. The molecule has 0 bridgehead atoms. The Kier molecular flexibility index (Phi) is 4.26. The molecule has 0 saturated heterocycles. The molecule has 0 aromatic heterocycles. The predicted molar refractivity (Wildman–Crippen MR) is 39.0 cm³/mol. The summed E-state index contributed by atoms with van der Waals surface area (Å²) in [6.45, 7) is 3.40. The van der Waals surface area contributed by atoms with Crippen LogP contribution < -0.4 is 5.73 Å². The van der Waals surface area contributed by atoms with E-state index in [-0.39, 0.29) is 18.9 Å². The first-order valence-corrected chi connectivity index (χ1v) is 4.38. The number of hydrogen-bond donors (Lipinski definition) is 1. The molecule has 10 heavy (non-hydrogen) atoms. The molecule has 0 rings (SSSR count). The molecule has 0 aliphatic heterocycles. The molecule has 0 aliphatic rings. The fourth-order valence-corrected chi connectivity index (χ4v) is 1.07. The summed E-state index contributed by atoms with van der Waals surface area (Å²) in [6.07, 6.45) is 1.37. The van der Waals surface area contributed by atoms with Gasteiger partial charge in [0, 0.05) is 6.54 Å². The second kappa shape index (κ2) is 4.43. The monoisotopic (exact) mass is 165 g/mol. The van der Waals surface area contributed by atoms with Crippen molar-refractivity contribution in [1.82, 2.24) is 0 Å². The maximum absolute atomic E-state index is 10.6. The van der Waals surface area contributed by atoms with Gasteiger partial charge in [0.15, 0.2) is 0 Å². The summed E-state index contributed by atoms with van der Waals surface area (Å²) >= 11 is 0. The van der Waals surface area contributed by atoms with Gasteiger partial charge >= 0.3 is 0 Å². The maximum Gasteiger partial charge on any atom is 0.268 e. The van der Waals surface area contributed by atoms with Crippen molar-refractivity contribution in [3.05, 3.63) is 12.7 Å². The predicted octanol–water partition coefficient (Wildman–Crippen LogP) is -0.523. The SMILES string of the molecule is C=CCOS(=O)(=O)CCN. The van der Waals surface area contributed by atoms with Crippen molar-refractivity contribution >= 4 is 10.1 Å². The highest BCUT2D eigenvalue weighted by molar-refractivity contribution is 7.86. The largest absolute Gasteiger partial charge is 0.329 e. The van der Waals surface area contributed by atoms with Crippen LogP contribution in [0.4, 0.5) is 0 Å². The average Bonchev–Trinajstić information content (AvgIpc) is 1.84. The van der Waals surface area contributed by atoms with Crippen LogP contribution in [0.3, 0.4) is 0 Å². The molecule has 2 N–H and O–H groups in total. The molecule has 60 valence electrons. The van der Waals surface area contributed by atoms with Gasteiger partial charge in [0.1, 0.15) is 0 Å². The zero-order valence-electron chi connectivity index (χ0n) is 5.62. The van der Waals surface area contributed by atoms with Crippen LogP contribution in [0, 0.1) is 0 Å². The summed E-state index contributed by atoms with van der Waals surface area (Å²) in [4.78, 5) is 0. The van der Waals surface area contributed by atoms with E-state index in [0.29, 0.717) is 0 Å². The van der Waals surface area contributed by atoms with Crippen molar-refractivity contribution in [3.8, 4) is 0 Å². The average molecular weight is 165 g/mol. The van der Waals surface area contributed by atoms with Gasteiger partial charge in [0.2, 0.25) is 0 Å². The molecule has 0 spiro atoms. The Hall–Kier alpha value is -0.390. The van der Waals surface area contributed by atoms with E-state index >= 15 is 0 Å². The minimum absolute atomic E-state index is 0.0162. The summed E-state index contributed by atoms with van der Waals surface area (Å²) in [5.41, 5.74) is 5.00. The summed E-state index contributed by atoms with van der Waals surface area (Å²) in [5.74, 6) is -0.138. The van der Waals surface area contributed by atoms with E-state index in [4.69, 9.17) is 5.73 Å². The van der Waals surface area contributed by atoms with E-state index in [1.807, 2.05) is 0 Å². The third kappa shape index (κ3) is 4.49. The highest BCUT2D eigenvalue weighted by Crippen LogP contribution is 1.90. The van der Waals surface area contributed by atoms with Crippen molar-refractivity contribution in [1.29, 1.82) is 0 Å². The van der Waals surface area contributed by atoms with Gasteiger partial charge in [0.25, 0.3) is 10.1 Å². The van der Waals surface area contributed by atoms with Crippen molar-refractivity contribution in [2.45, 2.75) is 0 Å². The topological polar surface area (TPSA) is 69.4 Å². The summed E-state index contributed by atoms with van der Waals surface area (Å²) in [6, 6.07) is 0. The molecule has 5 heteroatoms. The lowest BCUT2D eigenvalue weighted by atomic mass is 10.7. The highest BCUT2D eigenvalue weighted by atomic mass is 32.2. The molecule has 0 unspecified atom stereocenters. The summed E-state index contributed by atoms with van der Waals surface area (Å²) in [5, 5.41) is 0. The molecule has 0 aromatic rings. The zero-order valence-corrected chi connectivity index (χ0v) is 6.43. The summed E-state index contributed by atoms with van der Waals surface area (Å²) < 4.78 is 25.7. The minimum atomic E-state index is -3.39. The van der Waals surface area contributed by atoms with Crippen molar-refractivity contribution in [3.63, 3.8) is 0 Å². The molecule has 0 heterocycles. The Balaban J connectivity index is 3.76. The molecule has 4 nitrogen and oxygen atoms in total. The Morgan fingerprint density at radius 2 is 2.20 bits per heavy atom. The van der Waals surface area contributed by atoms with Crippen molar-refractivity contribution in [2.75, 3.05) is 18.9 Å². The number of nitrogens with two attached hydrogens (primary N) is 1. The molecule has 0 saturated carbocycles. The standard InChI is InChI=1S/C5H11NO3S/c1-2-4-9-10(7,8)5-3-6/h2H,1,3-6H2. The van der Waals surface area contributed by atoms with Crippen LogP contribution in [-0.2, 0) is 14.3 Å². The molecule has 0 aromatic carbocycles. The molecular formula is C5H11NO3S. The highest BCUT2D eigenvalue weighted by Gasteiger charge is 2.06. The molecule has 0 fully saturated rings. The van der Waals surface area contributed by atoms with Crippen molar-refractivity contribution < 1.29 is 12.6 Å². The van der Waals surface area contributed by atoms with Crippen LogP contribution in [0.5, 0.6) is 0 Å². The van der Waals surface area contributed by atoms with Gasteiger partial charge in [-0.05, 0) is 0 Å². The quantitative estimate of drug-likeness (QED) is 0.439. The fraction of sp³-hybridized carbons (Fsp3) is 0.600. The van der Waals surface area contributed by atoms with E-state index in [0.717, 1.165) is 0 Å². The first-order chi connectivity index (χ1) is 4.62. The zero-order chi connectivity index (χ0) is 8.04. The van der Waals surface area contributed by atoms with Crippen LogP contribution in [-0.4, -0.2) is 27.3 Å². The van der Waals surface area contributed by atoms with Crippen molar-refractivity contribution in [2.24, 2.45) is 5.73 Å². The molecule has 0 radical (unpaired) electrons.